The molecule has 1 aromatic carbocycles. The number of carbonyl (C=O) groups excluding carboxylic acids is 2. The number of nitrogens with zero attached hydrogens (tertiary/aromatic N) is 5. The molecule has 0 aliphatic carbocycles. The third-order valence-corrected chi connectivity index (χ3v) is 5.86. The van der Waals surface area contributed by atoms with Gasteiger partial charge < -0.3 is 14.5 Å². The van der Waals surface area contributed by atoms with E-state index in [1.165, 1.54) is 19.0 Å². The molecule has 4 rings (SSSR count). The number of rotatable bonds is 4. The summed E-state index contributed by atoms with van der Waals surface area (Å²) in [5, 5.41) is 5.23. The van der Waals surface area contributed by atoms with Crippen LogP contribution in [0.1, 0.15) is 43.1 Å². The Morgan fingerprint density at radius 2 is 1.79 bits per heavy atom. The van der Waals surface area contributed by atoms with Crippen LogP contribution >= 0.6 is 0 Å². The van der Waals surface area contributed by atoms with Crippen molar-refractivity contribution >= 4 is 22.9 Å². The highest BCUT2D eigenvalue weighted by atomic mass is 19.1. The summed E-state index contributed by atoms with van der Waals surface area (Å²) in [4.78, 5) is 31.4. The molecule has 2 aromatic heterocycles. The number of piperidine rings is 1. The zero-order chi connectivity index (χ0) is 24.6. The predicted molar refractivity (Wildman–Crippen MR) is 122 cm³/mol. The maximum absolute atomic E-state index is 14.8. The molecule has 1 aliphatic rings. The minimum Gasteiger partial charge on any atom is -0.447 e. The summed E-state index contributed by atoms with van der Waals surface area (Å²) in [7, 11) is 2.95. The van der Waals surface area contributed by atoms with Crippen molar-refractivity contribution in [1.82, 2.24) is 24.6 Å². The second-order valence-corrected chi connectivity index (χ2v) is 8.88. The Balaban J connectivity index is 1.55. The third-order valence-electron chi connectivity index (χ3n) is 5.86. The monoisotopic (exact) mass is 471 g/mol. The fourth-order valence-corrected chi connectivity index (χ4v) is 4.10. The Morgan fingerprint density at radius 3 is 2.44 bits per heavy atom. The van der Waals surface area contributed by atoms with E-state index >= 15 is 0 Å². The number of ether oxygens (including phenoxy) is 1. The number of amides is 2. The lowest BCUT2D eigenvalue weighted by atomic mass is 10.0. The molecule has 3 aromatic rings. The molecule has 0 spiro atoms. The molecule has 1 saturated heterocycles. The second kappa shape index (κ2) is 9.36. The van der Waals surface area contributed by atoms with Gasteiger partial charge in [0.05, 0.1) is 41.3 Å². The van der Waals surface area contributed by atoms with Crippen molar-refractivity contribution in [1.29, 1.82) is 0 Å². The minimum absolute atomic E-state index is 0.0283. The molecular formula is C24H27F2N5O3. The van der Waals surface area contributed by atoms with Crippen LogP contribution in [0.15, 0.2) is 30.6 Å². The van der Waals surface area contributed by atoms with Crippen LogP contribution < -0.4 is 0 Å². The topological polar surface area (TPSA) is 80.6 Å². The van der Waals surface area contributed by atoms with Gasteiger partial charge in [-0.3, -0.25) is 14.5 Å². The number of likely N-dealkylation sites (tertiary alicyclic amines) is 1. The molecule has 2 amide bonds. The third kappa shape index (κ3) is 4.57. The van der Waals surface area contributed by atoms with Crippen LogP contribution in [0.3, 0.4) is 0 Å². The van der Waals surface area contributed by atoms with Crippen LogP contribution in [-0.2, 0) is 4.74 Å². The van der Waals surface area contributed by atoms with Gasteiger partial charge in [-0.2, -0.15) is 5.10 Å². The highest BCUT2D eigenvalue weighted by Crippen LogP contribution is 2.30. The van der Waals surface area contributed by atoms with Crippen molar-refractivity contribution < 1.29 is 23.1 Å². The standard InChI is InChI=1S/C24H27F2N5O3/c1-14(2)34-24(33)30-7-5-16(6-8-30)31-22-13-27-21(9-15(22)12-28-31)17-10-20(26)18(11-19(17)25)23(32)29(3)4/h9-14,16H,5-8H2,1-4H3. The molecule has 0 atom stereocenters. The van der Waals surface area contributed by atoms with E-state index in [0.717, 1.165) is 23.0 Å². The van der Waals surface area contributed by atoms with Gasteiger partial charge in [0.1, 0.15) is 11.6 Å². The molecule has 10 heteroatoms. The fraction of sp³-hybridized carbons (Fsp3) is 0.417. The Kier molecular flexibility index (Phi) is 6.49. The zero-order valence-electron chi connectivity index (χ0n) is 19.6. The molecule has 0 bridgehead atoms. The van der Waals surface area contributed by atoms with Crippen LogP contribution in [0.4, 0.5) is 13.6 Å². The maximum atomic E-state index is 14.8. The summed E-state index contributed by atoms with van der Waals surface area (Å²) in [6.45, 7) is 4.76. The number of halogens is 2. The molecule has 0 radical (unpaired) electrons. The molecule has 0 N–H and O–H groups in total. The Morgan fingerprint density at radius 1 is 1.09 bits per heavy atom. The van der Waals surface area contributed by atoms with Crippen LogP contribution in [0.5, 0.6) is 0 Å². The van der Waals surface area contributed by atoms with Gasteiger partial charge in [-0.1, -0.05) is 0 Å². The SMILES string of the molecule is CC(C)OC(=O)N1CCC(n2ncc3cc(-c4cc(F)c(C(=O)N(C)C)cc4F)ncc32)CC1. The molecule has 1 aliphatic heterocycles. The average molecular weight is 472 g/mol. The van der Waals surface area contributed by atoms with Gasteiger partial charge in [-0.15, -0.1) is 0 Å². The number of pyridine rings is 1. The van der Waals surface area contributed by atoms with Crippen molar-refractivity contribution in [3.63, 3.8) is 0 Å². The summed E-state index contributed by atoms with van der Waals surface area (Å²) in [6, 6.07) is 3.63. The van der Waals surface area contributed by atoms with Gasteiger partial charge in [0.2, 0.25) is 0 Å². The molecule has 1 fully saturated rings. The molecule has 0 unspecified atom stereocenters. The Labute approximate surface area is 196 Å². The predicted octanol–water partition coefficient (Wildman–Crippen LogP) is 4.26. The van der Waals surface area contributed by atoms with E-state index in [2.05, 4.69) is 10.1 Å². The van der Waals surface area contributed by atoms with E-state index in [4.69, 9.17) is 4.74 Å². The van der Waals surface area contributed by atoms with E-state index < -0.39 is 17.5 Å². The molecule has 0 saturated carbocycles. The van der Waals surface area contributed by atoms with Crippen LogP contribution in [-0.4, -0.2) is 69.9 Å². The zero-order valence-corrected chi connectivity index (χ0v) is 19.6. The Bertz CT molecular complexity index is 1230. The van der Waals surface area contributed by atoms with Gasteiger partial charge in [0.15, 0.2) is 0 Å². The van der Waals surface area contributed by atoms with Crippen molar-refractivity contribution in [2.45, 2.75) is 38.8 Å². The first-order valence-corrected chi connectivity index (χ1v) is 11.2. The normalized spacial score (nSPS) is 14.6. The number of aromatic nitrogens is 3. The first-order valence-electron chi connectivity index (χ1n) is 11.2. The van der Waals surface area contributed by atoms with Gasteiger partial charge in [0.25, 0.3) is 5.91 Å². The van der Waals surface area contributed by atoms with E-state index in [1.54, 1.807) is 23.4 Å². The van der Waals surface area contributed by atoms with Crippen LogP contribution in [0.2, 0.25) is 0 Å². The molecule has 8 nitrogen and oxygen atoms in total. The van der Waals surface area contributed by atoms with E-state index in [9.17, 15) is 18.4 Å². The van der Waals surface area contributed by atoms with Crippen LogP contribution in [0, 0.1) is 11.6 Å². The lowest BCUT2D eigenvalue weighted by molar-refractivity contribution is 0.0656. The molecule has 3 heterocycles. The summed E-state index contributed by atoms with van der Waals surface area (Å²) in [6.07, 6.45) is 4.21. The van der Waals surface area contributed by atoms with E-state index in [1.807, 2.05) is 18.5 Å². The van der Waals surface area contributed by atoms with Crippen molar-refractivity contribution in [3.05, 3.63) is 47.8 Å². The Hall–Kier alpha value is -3.56. The first kappa shape index (κ1) is 23.6. The summed E-state index contributed by atoms with van der Waals surface area (Å²) >= 11 is 0. The van der Waals surface area contributed by atoms with E-state index in [-0.39, 0.29) is 35.1 Å². The highest BCUT2D eigenvalue weighted by molar-refractivity contribution is 5.95. The number of hydrogen-bond donors (Lipinski definition) is 0. The minimum atomic E-state index is -0.810. The summed E-state index contributed by atoms with van der Waals surface area (Å²) in [5.41, 5.74) is 0.661. The number of hydrogen-bond acceptors (Lipinski definition) is 5. The van der Waals surface area contributed by atoms with Gasteiger partial charge >= 0.3 is 6.09 Å². The smallest absolute Gasteiger partial charge is 0.410 e. The van der Waals surface area contributed by atoms with Crippen molar-refractivity contribution in [2.24, 2.45) is 0 Å². The fourth-order valence-electron chi connectivity index (χ4n) is 4.10. The van der Waals surface area contributed by atoms with Crippen molar-refractivity contribution in [3.8, 4) is 11.3 Å². The van der Waals surface area contributed by atoms with E-state index in [0.29, 0.717) is 25.9 Å². The van der Waals surface area contributed by atoms with Crippen LogP contribution in [0.25, 0.3) is 22.2 Å². The molecular weight excluding hydrogens is 444 g/mol. The highest BCUT2D eigenvalue weighted by Gasteiger charge is 2.27. The number of fused-ring (bicyclic) bond motifs is 1. The van der Waals surface area contributed by atoms with Crippen molar-refractivity contribution in [2.75, 3.05) is 27.2 Å². The summed E-state index contributed by atoms with van der Waals surface area (Å²) in [5.74, 6) is -2.15. The van der Waals surface area contributed by atoms with Gasteiger partial charge in [-0.05, 0) is 44.9 Å². The molecule has 34 heavy (non-hydrogen) atoms. The second-order valence-electron chi connectivity index (χ2n) is 8.88. The van der Waals surface area contributed by atoms with Gasteiger partial charge in [-0.25, -0.2) is 13.6 Å². The quantitative estimate of drug-likeness (QED) is 0.568. The summed E-state index contributed by atoms with van der Waals surface area (Å²) < 4.78 is 36.5. The average Bonchev–Trinajstić information content (AvgIpc) is 3.22. The van der Waals surface area contributed by atoms with Gasteiger partial charge in [0, 0.05) is 38.1 Å². The number of benzene rings is 1. The maximum Gasteiger partial charge on any atom is 0.410 e. The largest absolute Gasteiger partial charge is 0.447 e. The first-order chi connectivity index (χ1) is 16.2. The number of carbonyl (C=O) groups is 2. The lowest BCUT2D eigenvalue weighted by Crippen LogP contribution is -2.40. The lowest BCUT2D eigenvalue weighted by Gasteiger charge is -2.32. The molecule has 180 valence electrons.